The number of anilines is 1. The summed E-state index contributed by atoms with van der Waals surface area (Å²) in [7, 11) is -2.44. The van der Waals surface area contributed by atoms with Crippen molar-refractivity contribution in [3.8, 4) is 10.6 Å². The quantitative estimate of drug-likeness (QED) is 0.157. The molecule has 0 radical (unpaired) electrons. The molecule has 5 amide bonds. The van der Waals surface area contributed by atoms with Gasteiger partial charge < -0.3 is 9.64 Å². The Balaban J connectivity index is 1.39. The van der Waals surface area contributed by atoms with Crippen molar-refractivity contribution < 1.29 is 45.5 Å². The fourth-order valence-corrected chi connectivity index (χ4v) is 8.75. The second-order valence-corrected chi connectivity index (χ2v) is 17.0. The molecule has 17 heteroatoms. The third-order valence-electron chi connectivity index (χ3n) is 9.89. The number of sulfonamides is 1. The monoisotopic (exact) mass is 779 g/mol. The molecule has 0 bridgehead atoms. The Morgan fingerprint density at radius 1 is 1.06 bits per heavy atom. The van der Waals surface area contributed by atoms with Crippen LogP contribution in [-0.4, -0.2) is 78.1 Å². The van der Waals surface area contributed by atoms with Gasteiger partial charge in [0.15, 0.2) is 0 Å². The van der Waals surface area contributed by atoms with Crippen LogP contribution in [0.25, 0.3) is 10.6 Å². The van der Waals surface area contributed by atoms with Crippen LogP contribution in [0.3, 0.4) is 0 Å². The van der Waals surface area contributed by atoms with Crippen molar-refractivity contribution in [3.05, 3.63) is 59.6 Å². The van der Waals surface area contributed by atoms with Crippen molar-refractivity contribution in [1.82, 2.24) is 19.5 Å². The number of allylic oxidation sites excluding steroid dienone is 1. The molecule has 1 heterocycles. The molecule has 0 saturated heterocycles. The standard InChI is InChI=1S/C36H44F3N5O7S2/c1-6-8-9-10-15-43(5)32(45)27-18-24(19-28(27)33(46)44(30-16-22(30)7-2)34(47)42-53(49,50)25-12-13-25)51-35(48)41-29-17-23(36(37,38)39)11-14-26(29)31-40-20(3)21(4)52-31/h6-7,11,14,17,22,24-25,27-28,30H,1-2,8-10,12-13,15-16,18-19H2,3-5H3,(H,41,48)(H,42,47). The summed E-state index contributed by atoms with van der Waals surface area (Å²) in [6.45, 7) is 11.4. The molecule has 53 heavy (non-hydrogen) atoms. The minimum absolute atomic E-state index is 0.120. The molecule has 3 saturated carbocycles. The Bertz CT molecular complexity index is 1860. The lowest BCUT2D eigenvalue weighted by molar-refractivity contribution is -0.143. The van der Waals surface area contributed by atoms with Gasteiger partial charge in [-0.3, -0.25) is 19.8 Å². The number of carbonyl (C=O) groups excluding carboxylic acids is 4. The van der Waals surface area contributed by atoms with Crippen molar-refractivity contribution in [2.24, 2.45) is 17.8 Å². The minimum atomic E-state index is -4.71. The van der Waals surface area contributed by atoms with Crippen LogP contribution < -0.4 is 10.0 Å². The molecule has 3 aliphatic rings. The van der Waals surface area contributed by atoms with Crippen molar-refractivity contribution in [2.75, 3.05) is 18.9 Å². The summed E-state index contributed by atoms with van der Waals surface area (Å²) < 4.78 is 74.3. The van der Waals surface area contributed by atoms with Gasteiger partial charge in [0.25, 0.3) is 0 Å². The molecule has 5 rings (SSSR count). The molecule has 0 aliphatic heterocycles. The lowest BCUT2D eigenvalue weighted by atomic mass is 9.93. The van der Waals surface area contributed by atoms with E-state index in [0.29, 0.717) is 42.9 Å². The summed E-state index contributed by atoms with van der Waals surface area (Å²) >= 11 is 1.24. The van der Waals surface area contributed by atoms with Crippen molar-refractivity contribution in [1.29, 1.82) is 0 Å². The summed E-state index contributed by atoms with van der Waals surface area (Å²) in [5.41, 5.74) is -0.277. The Labute approximate surface area is 310 Å². The fraction of sp³-hybridized carbons (Fsp3) is 0.528. The molecule has 3 aliphatic carbocycles. The second-order valence-electron chi connectivity index (χ2n) is 13.9. The highest BCUT2D eigenvalue weighted by Crippen LogP contribution is 2.43. The molecule has 5 unspecified atom stereocenters. The van der Waals surface area contributed by atoms with Gasteiger partial charge in [0.2, 0.25) is 21.8 Å². The zero-order valence-electron chi connectivity index (χ0n) is 29.8. The second kappa shape index (κ2) is 16.0. The molecule has 1 aromatic heterocycles. The molecular formula is C36H44F3N5O7S2. The van der Waals surface area contributed by atoms with Gasteiger partial charge in [-0.15, -0.1) is 24.5 Å². The topological polar surface area (TPSA) is 155 Å². The lowest BCUT2D eigenvalue weighted by Crippen LogP contribution is -2.51. The van der Waals surface area contributed by atoms with E-state index in [2.05, 4.69) is 23.5 Å². The highest BCUT2D eigenvalue weighted by Gasteiger charge is 2.53. The van der Waals surface area contributed by atoms with Gasteiger partial charge in [0, 0.05) is 30.1 Å². The molecule has 1 aromatic carbocycles. The molecule has 0 spiro atoms. The van der Waals surface area contributed by atoms with Crippen molar-refractivity contribution in [2.45, 2.75) is 88.8 Å². The van der Waals surface area contributed by atoms with E-state index >= 15 is 0 Å². The summed E-state index contributed by atoms with van der Waals surface area (Å²) in [6.07, 6.45) is -0.567. The number of ether oxygens (including phenoxy) is 1. The van der Waals surface area contributed by atoms with Crippen molar-refractivity contribution in [3.63, 3.8) is 0 Å². The maximum Gasteiger partial charge on any atom is 0.416 e. The third kappa shape index (κ3) is 9.47. The first-order valence-electron chi connectivity index (χ1n) is 17.5. The van der Waals surface area contributed by atoms with E-state index in [1.54, 1.807) is 26.1 Å². The number of amides is 5. The number of alkyl halides is 3. The Kier molecular flexibility index (Phi) is 12.1. The molecule has 12 nitrogen and oxygen atoms in total. The van der Waals surface area contributed by atoms with E-state index in [9.17, 15) is 40.8 Å². The molecule has 2 aromatic rings. The molecule has 3 fully saturated rings. The minimum Gasteiger partial charge on any atom is -0.446 e. The molecule has 5 atom stereocenters. The summed E-state index contributed by atoms with van der Waals surface area (Å²) in [5, 5.41) is 2.07. The predicted octanol–water partition coefficient (Wildman–Crippen LogP) is 6.81. The van der Waals surface area contributed by atoms with Crippen LogP contribution in [-0.2, 0) is 30.5 Å². The first-order valence-corrected chi connectivity index (χ1v) is 19.8. The van der Waals surface area contributed by atoms with E-state index in [1.165, 1.54) is 22.3 Å². The number of urea groups is 1. The smallest absolute Gasteiger partial charge is 0.416 e. The maximum absolute atomic E-state index is 14.3. The SMILES string of the molecule is C=CCCCCN(C)C(=O)C1CC(OC(=O)Nc2cc(C(F)(F)F)ccc2-c2nc(C)c(C)s2)CC1C(=O)N(C(=O)NS(=O)(=O)C1CC1)C1CC1C=C. The zero-order valence-corrected chi connectivity index (χ0v) is 31.4. The first kappa shape index (κ1) is 39.9. The molecule has 288 valence electrons. The number of aryl methyl sites for hydroxylation is 2. The first-order chi connectivity index (χ1) is 24.9. The van der Waals surface area contributed by atoms with Crippen LogP contribution >= 0.6 is 11.3 Å². The van der Waals surface area contributed by atoms with Crippen LogP contribution in [0.5, 0.6) is 0 Å². The van der Waals surface area contributed by atoms with E-state index in [-0.39, 0.29) is 30.0 Å². The third-order valence-corrected chi connectivity index (χ3v) is 12.8. The van der Waals surface area contributed by atoms with E-state index < -0.39 is 74.9 Å². The number of aromatic nitrogens is 1. The van der Waals surface area contributed by atoms with Gasteiger partial charge in [-0.25, -0.2) is 27.7 Å². The summed E-state index contributed by atoms with van der Waals surface area (Å²) in [5.74, 6) is -3.72. The van der Waals surface area contributed by atoms with E-state index in [0.717, 1.165) is 34.8 Å². The van der Waals surface area contributed by atoms with Crippen LogP contribution in [0, 0.1) is 31.6 Å². The normalized spacial score (nSPS) is 22.4. The average Bonchev–Trinajstić information content (AvgIpc) is 4.01. The number of halogens is 3. The Hall–Kier alpha value is -4.25. The fourth-order valence-electron chi connectivity index (χ4n) is 6.53. The number of rotatable bonds is 14. The number of unbranched alkanes of at least 4 members (excludes halogenated alkanes) is 2. The van der Waals surface area contributed by atoms with Crippen LogP contribution in [0.2, 0.25) is 0 Å². The predicted molar refractivity (Wildman–Crippen MR) is 193 cm³/mol. The summed E-state index contributed by atoms with van der Waals surface area (Å²) in [4.78, 5) is 62.6. The van der Waals surface area contributed by atoms with E-state index in [1.807, 2.05) is 11.6 Å². The van der Waals surface area contributed by atoms with Gasteiger partial charge in [-0.2, -0.15) is 13.2 Å². The molecule has 2 N–H and O–H groups in total. The van der Waals surface area contributed by atoms with Gasteiger partial charge >= 0.3 is 18.3 Å². The Morgan fingerprint density at radius 2 is 1.74 bits per heavy atom. The van der Waals surface area contributed by atoms with Gasteiger partial charge in [-0.1, -0.05) is 12.2 Å². The number of imide groups is 1. The maximum atomic E-state index is 14.3. The summed E-state index contributed by atoms with van der Waals surface area (Å²) in [6, 6.07) is 1.10. The highest BCUT2D eigenvalue weighted by atomic mass is 32.2. The van der Waals surface area contributed by atoms with E-state index in [4.69, 9.17) is 4.74 Å². The van der Waals surface area contributed by atoms with Crippen LogP contribution in [0.4, 0.5) is 28.4 Å². The number of nitrogens with zero attached hydrogens (tertiary/aromatic N) is 3. The zero-order chi connectivity index (χ0) is 38.8. The van der Waals surface area contributed by atoms with Crippen LogP contribution in [0.1, 0.15) is 67.5 Å². The number of hydrogen-bond acceptors (Lipinski definition) is 9. The largest absolute Gasteiger partial charge is 0.446 e. The number of hydrogen-bond donors (Lipinski definition) is 2. The average molecular weight is 780 g/mol. The lowest BCUT2D eigenvalue weighted by Gasteiger charge is -2.29. The number of benzene rings is 1. The van der Waals surface area contributed by atoms with Gasteiger partial charge in [-0.05, 0) is 89.3 Å². The van der Waals surface area contributed by atoms with Gasteiger partial charge in [0.05, 0.1) is 34.0 Å². The van der Waals surface area contributed by atoms with Crippen molar-refractivity contribution >= 4 is 51.0 Å². The number of carbonyl (C=O) groups is 4. The van der Waals surface area contributed by atoms with Crippen LogP contribution in [0.15, 0.2) is 43.5 Å². The van der Waals surface area contributed by atoms with Gasteiger partial charge in [0.1, 0.15) is 11.1 Å². The Morgan fingerprint density at radius 3 is 2.30 bits per heavy atom. The number of thiazole rings is 1. The number of nitrogens with one attached hydrogen (secondary N) is 2. The molecular weight excluding hydrogens is 736 g/mol. The highest BCUT2D eigenvalue weighted by molar-refractivity contribution is 7.90.